The summed E-state index contributed by atoms with van der Waals surface area (Å²) >= 11 is 0. The van der Waals surface area contributed by atoms with Gasteiger partial charge in [0.05, 0.1) is 25.9 Å². The highest BCUT2D eigenvalue weighted by Gasteiger charge is 2.26. The van der Waals surface area contributed by atoms with Gasteiger partial charge in [-0.15, -0.1) is 0 Å². The van der Waals surface area contributed by atoms with Crippen LogP contribution < -0.4 is 10.2 Å². The van der Waals surface area contributed by atoms with E-state index in [-0.39, 0.29) is 12.6 Å². The van der Waals surface area contributed by atoms with Gasteiger partial charge in [0.2, 0.25) is 0 Å². The second-order valence-electron chi connectivity index (χ2n) is 5.32. The number of aryl methyl sites for hydroxylation is 1. The summed E-state index contributed by atoms with van der Waals surface area (Å²) < 4.78 is 5.46. The summed E-state index contributed by atoms with van der Waals surface area (Å²) in [7, 11) is 0. The molecule has 2 rings (SSSR count). The van der Waals surface area contributed by atoms with E-state index in [9.17, 15) is 5.11 Å². The van der Waals surface area contributed by atoms with E-state index < -0.39 is 0 Å². The van der Waals surface area contributed by atoms with Crippen molar-refractivity contribution in [2.24, 2.45) is 0 Å². The average Bonchev–Trinajstić information content (AvgIpc) is 2.51. The molecule has 1 aromatic heterocycles. The van der Waals surface area contributed by atoms with Crippen molar-refractivity contribution in [2.45, 2.75) is 39.7 Å². The molecule has 2 heterocycles. The zero-order chi connectivity index (χ0) is 15.2. The van der Waals surface area contributed by atoms with Crippen LogP contribution >= 0.6 is 0 Å². The Balaban J connectivity index is 2.39. The van der Waals surface area contributed by atoms with E-state index in [1.807, 2.05) is 6.92 Å². The zero-order valence-electron chi connectivity index (χ0n) is 13.2. The molecule has 0 aromatic carbocycles. The average molecular weight is 294 g/mol. The van der Waals surface area contributed by atoms with Crippen molar-refractivity contribution in [1.82, 2.24) is 9.97 Å². The van der Waals surface area contributed by atoms with Crippen LogP contribution in [0.3, 0.4) is 0 Å². The van der Waals surface area contributed by atoms with Gasteiger partial charge >= 0.3 is 0 Å². The van der Waals surface area contributed by atoms with Gasteiger partial charge in [-0.25, -0.2) is 9.97 Å². The number of morpholine rings is 1. The lowest BCUT2D eigenvalue weighted by Crippen LogP contribution is -2.48. The molecule has 21 heavy (non-hydrogen) atoms. The number of hydrogen-bond acceptors (Lipinski definition) is 6. The van der Waals surface area contributed by atoms with Crippen molar-refractivity contribution in [3.8, 4) is 0 Å². The number of nitrogens with zero attached hydrogens (tertiary/aromatic N) is 3. The molecule has 1 aliphatic heterocycles. The molecule has 1 atom stereocenters. The molecule has 1 saturated heterocycles. The first-order valence-electron chi connectivity index (χ1n) is 7.77. The number of aliphatic hydroxyl groups is 1. The minimum atomic E-state index is -0.0312. The second-order valence-corrected chi connectivity index (χ2v) is 5.32. The number of ether oxygens (including phenoxy) is 1. The maximum Gasteiger partial charge on any atom is 0.137 e. The first-order chi connectivity index (χ1) is 10.2. The Labute approximate surface area is 126 Å². The highest BCUT2D eigenvalue weighted by molar-refractivity contribution is 5.59. The molecule has 0 radical (unpaired) electrons. The number of nitrogens with one attached hydrogen (secondary N) is 1. The third kappa shape index (κ3) is 3.63. The minimum Gasteiger partial charge on any atom is -0.394 e. The van der Waals surface area contributed by atoms with Crippen LogP contribution in [0.4, 0.5) is 11.6 Å². The summed E-state index contributed by atoms with van der Waals surface area (Å²) in [5, 5.41) is 12.9. The van der Waals surface area contributed by atoms with E-state index in [4.69, 9.17) is 9.72 Å². The predicted octanol–water partition coefficient (Wildman–Crippen LogP) is 1.37. The molecule has 2 N–H and O–H groups in total. The molecule has 0 saturated carbocycles. The molecule has 1 aliphatic rings. The van der Waals surface area contributed by atoms with Crippen LogP contribution in [0, 0.1) is 6.92 Å². The quantitative estimate of drug-likeness (QED) is 0.826. The van der Waals surface area contributed by atoms with Gasteiger partial charge in [0.25, 0.3) is 0 Å². The fourth-order valence-electron chi connectivity index (χ4n) is 2.59. The number of anilines is 2. The molecular weight excluding hydrogens is 268 g/mol. The van der Waals surface area contributed by atoms with Gasteiger partial charge in [-0.2, -0.15) is 0 Å². The monoisotopic (exact) mass is 294 g/mol. The Hall–Kier alpha value is -1.40. The SMILES string of the molecule is CCCc1nc(NCC)c(C)c(N2CCOCC2CO)n1. The summed E-state index contributed by atoms with van der Waals surface area (Å²) in [4.78, 5) is 11.5. The van der Waals surface area contributed by atoms with E-state index in [1.165, 1.54) is 0 Å². The highest BCUT2D eigenvalue weighted by Crippen LogP contribution is 2.26. The molecule has 6 nitrogen and oxygen atoms in total. The van der Waals surface area contributed by atoms with Crippen molar-refractivity contribution >= 4 is 11.6 Å². The Kier molecular flexibility index (Phi) is 5.76. The molecular formula is C15H26N4O2. The van der Waals surface area contributed by atoms with E-state index in [0.717, 1.165) is 49.0 Å². The minimum absolute atomic E-state index is 0.0312. The van der Waals surface area contributed by atoms with Crippen molar-refractivity contribution in [3.63, 3.8) is 0 Å². The van der Waals surface area contributed by atoms with Crippen LogP contribution in [0.2, 0.25) is 0 Å². The van der Waals surface area contributed by atoms with Crippen LogP contribution in [0.15, 0.2) is 0 Å². The van der Waals surface area contributed by atoms with Crippen LogP contribution in [-0.2, 0) is 11.2 Å². The van der Waals surface area contributed by atoms with Crippen molar-refractivity contribution in [3.05, 3.63) is 11.4 Å². The third-order valence-electron chi connectivity index (χ3n) is 3.69. The number of rotatable bonds is 6. The topological polar surface area (TPSA) is 70.5 Å². The summed E-state index contributed by atoms with van der Waals surface area (Å²) in [5.41, 5.74) is 1.04. The first kappa shape index (κ1) is 16.0. The maximum atomic E-state index is 9.58. The van der Waals surface area contributed by atoms with E-state index in [1.54, 1.807) is 0 Å². The van der Waals surface area contributed by atoms with E-state index >= 15 is 0 Å². The fraction of sp³-hybridized carbons (Fsp3) is 0.733. The summed E-state index contributed by atoms with van der Waals surface area (Å²) in [6.07, 6.45) is 1.88. The predicted molar refractivity (Wildman–Crippen MR) is 84.0 cm³/mol. The second kappa shape index (κ2) is 7.56. The van der Waals surface area contributed by atoms with E-state index in [0.29, 0.717) is 13.2 Å². The van der Waals surface area contributed by atoms with Gasteiger partial charge in [0.15, 0.2) is 0 Å². The number of aliphatic hydroxyl groups excluding tert-OH is 1. The Morgan fingerprint density at radius 1 is 1.38 bits per heavy atom. The van der Waals surface area contributed by atoms with Crippen LogP contribution in [0.25, 0.3) is 0 Å². The largest absolute Gasteiger partial charge is 0.394 e. The smallest absolute Gasteiger partial charge is 0.137 e. The van der Waals surface area contributed by atoms with Crippen molar-refractivity contribution < 1.29 is 9.84 Å². The molecule has 0 aliphatic carbocycles. The van der Waals surface area contributed by atoms with E-state index in [2.05, 4.69) is 29.0 Å². The third-order valence-corrected chi connectivity index (χ3v) is 3.69. The number of hydrogen-bond donors (Lipinski definition) is 2. The van der Waals surface area contributed by atoms with Gasteiger partial charge < -0.3 is 20.1 Å². The first-order valence-corrected chi connectivity index (χ1v) is 7.77. The molecule has 1 unspecified atom stereocenters. The zero-order valence-corrected chi connectivity index (χ0v) is 13.2. The molecule has 1 fully saturated rings. The molecule has 6 heteroatoms. The molecule has 0 bridgehead atoms. The summed E-state index contributed by atoms with van der Waals surface area (Å²) in [5.74, 6) is 2.68. The standard InChI is InChI=1S/C15H26N4O2/c1-4-6-13-17-14(16-5-2)11(3)15(18-13)19-7-8-21-10-12(19)9-20/h12,20H,4-10H2,1-3H3,(H,16,17,18). The van der Waals surface area contributed by atoms with Crippen molar-refractivity contribution in [1.29, 1.82) is 0 Å². The normalized spacial score (nSPS) is 18.9. The van der Waals surface area contributed by atoms with Crippen LogP contribution in [0.1, 0.15) is 31.7 Å². The lowest BCUT2D eigenvalue weighted by molar-refractivity contribution is 0.0722. The molecule has 1 aromatic rings. The lowest BCUT2D eigenvalue weighted by atomic mass is 10.2. The van der Waals surface area contributed by atoms with Crippen LogP contribution in [-0.4, -0.2) is 54.0 Å². The maximum absolute atomic E-state index is 9.58. The Bertz CT molecular complexity index is 467. The van der Waals surface area contributed by atoms with Gasteiger partial charge in [0, 0.05) is 25.1 Å². The van der Waals surface area contributed by atoms with Gasteiger partial charge in [-0.3, -0.25) is 0 Å². The molecule has 118 valence electrons. The lowest BCUT2D eigenvalue weighted by Gasteiger charge is -2.36. The summed E-state index contributed by atoms with van der Waals surface area (Å²) in [6, 6.07) is -0.0312. The number of aromatic nitrogens is 2. The van der Waals surface area contributed by atoms with Crippen molar-refractivity contribution in [2.75, 3.05) is 43.1 Å². The molecule has 0 spiro atoms. The van der Waals surface area contributed by atoms with Gasteiger partial charge in [0.1, 0.15) is 17.5 Å². The highest BCUT2D eigenvalue weighted by atomic mass is 16.5. The fourth-order valence-corrected chi connectivity index (χ4v) is 2.59. The Morgan fingerprint density at radius 2 is 2.19 bits per heavy atom. The summed E-state index contributed by atoms with van der Waals surface area (Å²) in [6.45, 7) is 9.08. The van der Waals surface area contributed by atoms with Crippen LogP contribution in [0.5, 0.6) is 0 Å². The Morgan fingerprint density at radius 3 is 2.86 bits per heavy atom. The molecule has 0 amide bonds. The van der Waals surface area contributed by atoms with Gasteiger partial charge in [-0.05, 0) is 20.3 Å². The van der Waals surface area contributed by atoms with Gasteiger partial charge in [-0.1, -0.05) is 6.92 Å².